The minimum Gasteiger partial charge on any atom is -0.322 e. The number of alkyl halides is 1. The van der Waals surface area contributed by atoms with Crippen LogP contribution in [-0.2, 0) is 15.4 Å². The number of benzene rings is 1. The van der Waals surface area contributed by atoms with Crippen LogP contribution in [0.3, 0.4) is 0 Å². The molecule has 0 aromatic heterocycles. The topological polar surface area (TPSA) is 83.9 Å². The van der Waals surface area contributed by atoms with Gasteiger partial charge in [0.1, 0.15) is 12.5 Å². The molecule has 2 atom stereocenters. The van der Waals surface area contributed by atoms with E-state index in [0.29, 0.717) is 4.47 Å². The van der Waals surface area contributed by atoms with Gasteiger partial charge in [0.05, 0.1) is 6.07 Å². The summed E-state index contributed by atoms with van der Waals surface area (Å²) in [5, 5.41) is 9.09. The Labute approximate surface area is 150 Å². The minimum atomic E-state index is -3.94. The lowest BCUT2D eigenvalue weighted by molar-refractivity contribution is 0.352. The van der Waals surface area contributed by atoms with E-state index < -0.39 is 32.6 Å². The Morgan fingerprint density at radius 2 is 1.96 bits per heavy atom. The van der Waals surface area contributed by atoms with Crippen LogP contribution in [0.5, 0.6) is 0 Å². The van der Waals surface area contributed by atoms with Crippen molar-refractivity contribution in [2.75, 3.05) is 12.9 Å². The molecule has 130 valence electrons. The lowest BCUT2D eigenvalue weighted by Crippen LogP contribution is -2.43. The van der Waals surface area contributed by atoms with Gasteiger partial charge in [-0.15, -0.1) is 0 Å². The van der Waals surface area contributed by atoms with Crippen LogP contribution >= 0.6 is 29.4 Å². The summed E-state index contributed by atoms with van der Waals surface area (Å²) in [6.07, 6.45) is 0.423. The molecular formula is C14H19BrF2N2O2S2. The maximum Gasteiger partial charge on any atom is 0.186 e. The maximum atomic E-state index is 13.9. The predicted molar refractivity (Wildman–Crippen MR) is 94.4 cm³/mol. The average Bonchev–Trinajstić information content (AvgIpc) is 2.41. The molecule has 2 N–H and O–H groups in total. The Morgan fingerprint density at radius 1 is 1.39 bits per heavy atom. The molecule has 1 unspecified atom stereocenters. The van der Waals surface area contributed by atoms with Gasteiger partial charge < -0.3 is 5.73 Å². The van der Waals surface area contributed by atoms with E-state index >= 15 is 0 Å². The largest absolute Gasteiger partial charge is 0.322 e. The van der Waals surface area contributed by atoms with Gasteiger partial charge in [0.25, 0.3) is 0 Å². The summed E-state index contributed by atoms with van der Waals surface area (Å²) in [7, 11) is -3.94. The molecule has 0 saturated carbocycles. The van der Waals surface area contributed by atoms with Crippen molar-refractivity contribution in [2.24, 2.45) is 5.73 Å². The van der Waals surface area contributed by atoms with Crippen LogP contribution < -0.4 is 5.73 Å². The van der Waals surface area contributed by atoms with Gasteiger partial charge in [-0.1, -0.05) is 15.9 Å². The van der Waals surface area contributed by atoms with Crippen molar-refractivity contribution in [3.8, 4) is 6.07 Å². The van der Waals surface area contributed by atoms with Crippen molar-refractivity contribution in [3.05, 3.63) is 34.1 Å². The molecule has 0 aliphatic carbocycles. The molecule has 0 saturated heterocycles. The zero-order valence-electron chi connectivity index (χ0n) is 12.7. The standard InChI is InChI=1S/C14H17BrF2N2O2S.H2S/c1-13(19,11-7-10(15)3-4-12(11)17)5-6-14(8-16,9-18)22(2,20)21;/h3-4,7H,5-6,8,19H2,1-2H3;1H2/t13-,14?;/m0./s1. The molecule has 0 amide bonds. The Balaban J connectivity index is 0.00000484. The predicted octanol–water partition coefficient (Wildman–Crippen LogP) is 2.93. The molecule has 1 rings (SSSR count). The van der Waals surface area contributed by atoms with Crippen molar-refractivity contribution in [2.45, 2.75) is 30.1 Å². The van der Waals surface area contributed by atoms with E-state index in [-0.39, 0.29) is 31.9 Å². The summed E-state index contributed by atoms with van der Waals surface area (Å²) in [5.74, 6) is -0.546. The summed E-state index contributed by atoms with van der Waals surface area (Å²) in [6, 6.07) is 5.76. The van der Waals surface area contributed by atoms with Gasteiger partial charge in [-0.2, -0.15) is 18.8 Å². The molecule has 1 aromatic rings. The quantitative estimate of drug-likeness (QED) is 0.754. The highest BCUT2D eigenvalue weighted by molar-refractivity contribution is 9.10. The number of rotatable bonds is 6. The van der Waals surface area contributed by atoms with E-state index in [1.165, 1.54) is 31.2 Å². The monoisotopic (exact) mass is 428 g/mol. The highest BCUT2D eigenvalue weighted by Gasteiger charge is 2.43. The molecule has 0 radical (unpaired) electrons. The second kappa shape index (κ2) is 7.92. The van der Waals surface area contributed by atoms with E-state index in [4.69, 9.17) is 11.0 Å². The lowest BCUT2D eigenvalue weighted by Gasteiger charge is -2.30. The number of halogens is 3. The number of nitrogens with two attached hydrogens (primary N) is 1. The van der Waals surface area contributed by atoms with Gasteiger partial charge >= 0.3 is 0 Å². The highest BCUT2D eigenvalue weighted by Crippen LogP contribution is 2.33. The van der Waals surface area contributed by atoms with Crippen LogP contribution in [0, 0.1) is 17.1 Å². The van der Waals surface area contributed by atoms with E-state index in [1.807, 2.05) is 0 Å². The van der Waals surface area contributed by atoms with E-state index in [0.717, 1.165) is 6.26 Å². The van der Waals surface area contributed by atoms with Crippen molar-refractivity contribution >= 4 is 39.3 Å². The SMILES string of the molecule is C[C@](N)(CCC(C#N)(CF)S(C)(=O)=O)c1cc(Br)ccc1F.S. The third-order valence-electron chi connectivity index (χ3n) is 3.72. The Kier molecular flexibility index (Phi) is 7.68. The van der Waals surface area contributed by atoms with Crippen LogP contribution in [0.2, 0.25) is 0 Å². The first-order valence-electron chi connectivity index (χ1n) is 6.40. The second-order valence-electron chi connectivity index (χ2n) is 5.55. The summed E-state index contributed by atoms with van der Waals surface area (Å²) in [5.41, 5.74) is 5.01. The van der Waals surface area contributed by atoms with Gasteiger partial charge in [-0.3, -0.25) is 0 Å². The molecule has 9 heteroatoms. The van der Waals surface area contributed by atoms with Crippen LogP contribution in [0.25, 0.3) is 0 Å². The number of sulfone groups is 1. The third-order valence-corrected chi connectivity index (χ3v) is 6.04. The molecule has 4 nitrogen and oxygen atoms in total. The van der Waals surface area contributed by atoms with Crippen molar-refractivity contribution in [1.29, 1.82) is 5.26 Å². The summed E-state index contributed by atoms with van der Waals surface area (Å²) >= 11 is 3.21. The molecular weight excluding hydrogens is 410 g/mol. The number of nitrogens with zero attached hydrogens (tertiary/aromatic N) is 1. The lowest BCUT2D eigenvalue weighted by atomic mass is 9.85. The zero-order valence-corrected chi connectivity index (χ0v) is 16.1. The minimum absolute atomic E-state index is 0. The third kappa shape index (κ3) is 4.89. The van der Waals surface area contributed by atoms with Crippen LogP contribution in [0.1, 0.15) is 25.3 Å². The van der Waals surface area contributed by atoms with E-state index in [2.05, 4.69) is 15.9 Å². The van der Waals surface area contributed by atoms with Crippen LogP contribution in [0.4, 0.5) is 8.78 Å². The maximum absolute atomic E-state index is 13.9. The molecule has 1 aromatic carbocycles. The van der Waals surface area contributed by atoms with E-state index in [9.17, 15) is 17.2 Å². The number of hydrogen-bond donors (Lipinski definition) is 1. The Bertz CT molecular complexity index is 705. The summed E-state index contributed by atoms with van der Waals surface area (Å²) < 4.78 is 49.0. The molecule has 0 aliphatic heterocycles. The van der Waals surface area contributed by atoms with Gasteiger partial charge in [0.2, 0.25) is 0 Å². The first kappa shape index (κ1) is 22.3. The van der Waals surface area contributed by atoms with Gasteiger partial charge in [-0.25, -0.2) is 17.2 Å². The molecule has 0 spiro atoms. The first-order chi connectivity index (χ1) is 9.99. The number of hydrogen-bond acceptors (Lipinski definition) is 4. The van der Waals surface area contributed by atoms with Gasteiger partial charge in [0.15, 0.2) is 14.6 Å². The Hall–Kier alpha value is -0.690. The summed E-state index contributed by atoms with van der Waals surface area (Å²) in [4.78, 5) is 0. The van der Waals surface area contributed by atoms with Crippen LogP contribution in [0.15, 0.2) is 22.7 Å². The Morgan fingerprint density at radius 3 is 2.39 bits per heavy atom. The van der Waals surface area contributed by atoms with E-state index in [1.54, 1.807) is 0 Å². The van der Waals surface area contributed by atoms with Crippen molar-refractivity contribution < 1.29 is 17.2 Å². The number of nitriles is 1. The van der Waals surface area contributed by atoms with Gasteiger partial charge in [-0.05, 0) is 38.0 Å². The molecule has 0 bridgehead atoms. The van der Waals surface area contributed by atoms with Gasteiger partial charge in [0, 0.05) is 21.8 Å². The average molecular weight is 429 g/mol. The smallest absolute Gasteiger partial charge is 0.186 e. The van der Waals surface area contributed by atoms with Crippen molar-refractivity contribution in [1.82, 2.24) is 0 Å². The van der Waals surface area contributed by atoms with Crippen molar-refractivity contribution in [3.63, 3.8) is 0 Å². The normalized spacial score (nSPS) is 16.6. The molecule has 0 fully saturated rings. The second-order valence-corrected chi connectivity index (χ2v) is 8.80. The summed E-state index contributed by atoms with van der Waals surface area (Å²) in [6.45, 7) is 0.180. The molecule has 0 aliphatic rings. The fraction of sp³-hybridized carbons (Fsp3) is 0.500. The molecule has 0 heterocycles. The highest BCUT2D eigenvalue weighted by atomic mass is 79.9. The fourth-order valence-electron chi connectivity index (χ4n) is 2.05. The molecule has 23 heavy (non-hydrogen) atoms. The first-order valence-corrected chi connectivity index (χ1v) is 9.09. The fourth-order valence-corrected chi connectivity index (χ4v) is 3.25. The van der Waals surface area contributed by atoms with Crippen LogP contribution in [-0.4, -0.2) is 26.1 Å². The zero-order chi connectivity index (χ0) is 17.2.